The SMILES string of the molecule is CCCCCCC1(CCCCCC)c2ccccc2-c2ccc(-c3c4ccccc4c(-c4ccc5c(c4)C(C)(C)c4cc(-c6c7ccccc7c(-c7ccc8c(c7)C(CCCCCC)(CCCCCC)c7ccccc7-8)c7ccccc67)ccc4-5)c4ccccc34)cc21. The van der Waals surface area contributed by atoms with Crippen LogP contribution in [0.3, 0.4) is 0 Å². The van der Waals surface area contributed by atoms with Crippen LogP contribution in [0, 0.1) is 0 Å². The second-order valence-electron chi connectivity index (χ2n) is 28.8. The van der Waals surface area contributed by atoms with Crippen molar-refractivity contribution in [2.75, 3.05) is 0 Å². The lowest BCUT2D eigenvalue weighted by Gasteiger charge is -2.33. The maximum Gasteiger partial charge on any atom is 0.0215 e. The van der Waals surface area contributed by atoms with Crippen molar-refractivity contribution in [3.63, 3.8) is 0 Å². The standard InChI is InChI=1S/C93H94/c1-7-11-15-31-55-92(56-32-16-12-8-2)81-45-29-27-35-67(81)71-53-49-65(61-85(71)92)89-77-41-23-19-37-73(77)87(74-38-20-24-42-78(74)89)63-47-51-69-70-52-48-64(60-84(70)91(5,6)83(69)59-63)88-75-39-21-25-43-79(75)90(80-44-26-22-40-76(80)88)66-50-54-72-68-36-28-30-46-82(68)93(86(72)62-66,57-33-17-13-9-3)58-34-18-14-10-4/h19-30,35-54,59-62H,7-18,31-34,55-58H2,1-6H3. The average molecular weight is 1210 g/mol. The van der Waals surface area contributed by atoms with E-state index in [9.17, 15) is 0 Å². The Morgan fingerprint density at radius 1 is 0.215 bits per heavy atom. The summed E-state index contributed by atoms with van der Waals surface area (Å²) in [7, 11) is 0. The molecule has 0 saturated heterocycles. The molecule has 12 aromatic rings. The normalized spacial score (nSPS) is 14.4. The lowest BCUT2D eigenvalue weighted by molar-refractivity contribution is 0.401. The zero-order valence-electron chi connectivity index (χ0n) is 56.4. The zero-order valence-corrected chi connectivity index (χ0v) is 56.4. The summed E-state index contributed by atoms with van der Waals surface area (Å²) < 4.78 is 0. The van der Waals surface area contributed by atoms with Crippen molar-refractivity contribution < 1.29 is 0 Å². The number of rotatable bonds is 24. The first-order valence-corrected chi connectivity index (χ1v) is 36.4. The van der Waals surface area contributed by atoms with Gasteiger partial charge in [-0.05, 0) is 204 Å². The van der Waals surface area contributed by atoms with E-state index in [0.717, 1.165) is 0 Å². The van der Waals surface area contributed by atoms with Crippen molar-refractivity contribution in [3.05, 3.63) is 252 Å². The Kier molecular flexibility index (Phi) is 16.7. The van der Waals surface area contributed by atoms with Crippen LogP contribution >= 0.6 is 0 Å². The fourth-order valence-corrected chi connectivity index (χ4v) is 18.5. The monoisotopic (exact) mass is 1210 g/mol. The molecule has 0 heteroatoms. The lowest BCUT2D eigenvalue weighted by atomic mass is 9.70. The summed E-state index contributed by atoms with van der Waals surface area (Å²) in [4.78, 5) is 0. The van der Waals surface area contributed by atoms with Crippen LogP contribution < -0.4 is 0 Å². The van der Waals surface area contributed by atoms with E-state index in [0.29, 0.717) is 0 Å². The van der Waals surface area contributed by atoms with Gasteiger partial charge in [-0.1, -0.05) is 338 Å². The summed E-state index contributed by atoms with van der Waals surface area (Å²) in [6, 6.07) is 86.4. The van der Waals surface area contributed by atoms with Gasteiger partial charge in [0.25, 0.3) is 0 Å². The third-order valence-corrected chi connectivity index (χ3v) is 23.1. The molecule has 0 unspecified atom stereocenters. The molecular weight excluding hydrogens is 1120 g/mol. The number of hydrogen-bond acceptors (Lipinski definition) is 0. The summed E-state index contributed by atoms with van der Waals surface area (Å²) in [5.41, 5.74) is 27.9. The van der Waals surface area contributed by atoms with Crippen LogP contribution in [0.15, 0.2) is 218 Å². The Morgan fingerprint density at radius 3 is 0.710 bits per heavy atom. The quantitative estimate of drug-likeness (QED) is 0.0418. The van der Waals surface area contributed by atoms with Gasteiger partial charge in [-0.25, -0.2) is 0 Å². The van der Waals surface area contributed by atoms with Crippen LogP contribution in [-0.4, -0.2) is 0 Å². The Bertz CT molecular complexity index is 4350. The molecule has 0 heterocycles. The molecule has 3 aliphatic rings. The first-order chi connectivity index (χ1) is 45.7. The second kappa shape index (κ2) is 25.5. The molecule has 93 heavy (non-hydrogen) atoms. The van der Waals surface area contributed by atoms with Crippen molar-refractivity contribution >= 4 is 43.1 Å². The Balaban J connectivity index is 0.822. The summed E-state index contributed by atoms with van der Waals surface area (Å²) in [6.45, 7) is 14.3. The van der Waals surface area contributed by atoms with Crippen LogP contribution in [-0.2, 0) is 16.2 Å². The highest BCUT2D eigenvalue weighted by molar-refractivity contribution is 6.23. The summed E-state index contributed by atoms with van der Waals surface area (Å²) >= 11 is 0. The molecule has 466 valence electrons. The summed E-state index contributed by atoms with van der Waals surface area (Å²) in [6.07, 6.45) is 25.3. The van der Waals surface area contributed by atoms with E-state index >= 15 is 0 Å². The van der Waals surface area contributed by atoms with Gasteiger partial charge < -0.3 is 0 Å². The van der Waals surface area contributed by atoms with Gasteiger partial charge in [-0.15, -0.1) is 0 Å². The molecule has 0 atom stereocenters. The zero-order chi connectivity index (χ0) is 63.3. The van der Waals surface area contributed by atoms with Crippen molar-refractivity contribution in [2.45, 2.75) is 186 Å². The molecule has 0 N–H and O–H groups in total. The fourth-order valence-electron chi connectivity index (χ4n) is 18.5. The Labute approximate surface area is 555 Å². The molecule has 0 amide bonds. The van der Waals surface area contributed by atoms with E-state index in [4.69, 9.17) is 0 Å². The highest BCUT2D eigenvalue weighted by atomic mass is 14.5. The van der Waals surface area contributed by atoms with E-state index in [2.05, 4.69) is 260 Å². The first-order valence-electron chi connectivity index (χ1n) is 36.4. The third kappa shape index (κ3) is 10.2. The van der Waals surface area contributed by atoms with Crippen LogP contribution in [0.25, 0.3) is 121 Å². The summed E-state index contributed by atoms with van der Waals surface area (Å²) in [5, 5.41) is 10.5. The van der Waals surface area contributed by atoms with Gasteiger partial charge in [-0.2, -0.15) is 0 Å². The van der Waals surface area contributed by atoms with Crippen LogP contribution in [0.5, 0.6) is 0 Å². The molecule has 0 spiro atoms. The third-order valence-electron chi connectivity index (χ3n) is 23.1. The predicted octanol–water partition coefficient (Wildman–Crippen LogP) is 27.7. The van der Waals surface area contributed by atoms with E-state index in [1.165, 1.54) is 261 Å². The smallest absolute Gasteiger partial charge is 0.0215 e. The number of hydrogen-bond donors (Lipinski definition) is 0. The van der Waals surface area contributed by atoms with Crippen LogP contribution in [0.4, 0.5) is 0 Å². The van der Waals surface area contributed by atoms with Crippen molar-refractivity contribution in [1.82, 2.24) is 0 Å². The number of fused-ring (bicyclic) bond motifs is 13. The van der Waals surface area contributed by atoms with Gasteiger partial charge in [0, 0.05) is 16.2 Å². The highest BCUT2D eigenvalue weighted by Crippen LogP contribution is 2.59. The van der Waals surface area contributed by atoms with Crippen LogP contribution in [0.2, 0.25) is 0 Å². The minimum Gasteiger partial charge on any atom is -0.0654 e. The van der Waals surface area contributed by atoms with Gasteiger partial charge in [0.2, 0.25) is 0 Å². The van der Waals surface area contributed by atoms with Gasteiger partial charge in [-0.3, -0.25) is 0 Å². The number of unbranched alkanes of at least 4 members (excludes halogenated alkanes) is 12. The Morgan fingerprint density at radius 2 is 0.441 bits per heavy atom. The largest absolute Gasteiger partial charge is 0.0654 e. The maximum atomic E-state index is 2.66. The second-order valence-corrected chi connectivity index (χ2v) is 28.8. The summed E-state index contributed by atoms with van der Waals surface area (Å²) in [5.74, 6) is 0. The molecule has 0 aliphatic heterocycles. The van der Waals surface area contributed by atoms with Crippen molar-refractivity contribution in [3.8, 4) is 77.9 Å². The first kappa shape index (κ1) is 60.9. The highest BCUT2D eigenvalue weighted by Gasteiger charge is 2.44. The van der Waals surface area contributed by atoms with Gasteiger partial charge in [0.15, 0.2) is 0 Å². The lowest BCUT2D eigenvalue weighted by Crippen LogP contribution is -2.25. The molecule has 0 fully saturated rings. The topological polar surface area (TPSA) is 0 Å². The molecule has 0 bridgehead atoms. The molecule has 3 aliphatic carbocycles. The number of benzene rings is 12. The van der Waals surface area contributed by atoms with Crippen molar-refractivity contribution in [2.24, 2.45) is 0 Å². The van der Waals surface area contributed by atoms with Crippen LogP contribution in [0.1, 0.15) is 203 Å². The maximum absolute atomic E-state index is 2.66. The van der Waals surface area contributed by atoms with Gasteiger partial charge >= 0.3 is 0 Å². The van der Waals surface area contributed by atoms with Gasteiger partial charge in [0.1, 0.15) is 0 Å². The molecule has 12 aromatic carbocycles. The van der Waals surface area contributed by atoms with E-state index in [1.54, 1.807) is 22.3 Å². The molecule has 0 nitrogen and oxygen atoms in total. The molecule has 0 radical (unpaired) electrons. The van der Waals surface area contributed by atoms with E-state index < -0.39 is 0 Å². The van der Waals surface area contributed by atoms with Crippen molar-refractivity contribution in [1.29, 1.82) is 0 Å². The molecule has 0 saturated carbocycles. The van der Waals surface area contributed by atoms with E-state index in [-0.39, 0.29) is 16.2 Å². The predicted molar refractivity (Wildman–Crippen MR) is 403 cm³/mol. The average Bonchev–Trinajstić information content (AvgIpc) is 1.71. The molecule has 15 rings (SSSR count). The van der Waals surface area contributed by atoms with E-state index in [1.807, 2.05) is 0 Å². The molecule has 0 aromatic heterocycles. The molecular formula is C93H94. The Hall–Kier alpha value is -8.32. The fraction of sp³-hybridized carbons (Fsp3) is 0.312. The minimum absolute atomic E-state index is 0.0166. The van der Waals surface area contributed by atoms with Gasteiger partial charge in [0.05, 0.1) is 0 Å². The minimum atomic E-state index is -0.253.